The zero-order valence-corrected chi connectivity index (χ0v) is 13.2. The minimum atomic E-state index is -3.65. The van der Waals surface area contributed by atoms with Crippen molar-refractivity contribution in [3.05, 3.63) is 29.1 Å². The molecule has 0 radical (unpaired) electrons. The first-order valence-corrected chi connectivity index (χ1v) is 8.39. The van der Waals surface area contributed by atoms with Gasteiger partial charge in [0, 0.05) is 25.2 Å². The second kappa shape index (κ2) is 6.39. The number of rotatable bonds is 3. The molecule has 1 aromatic rings. The molecule has 1 saturated heterocycles. The predicted molar refractivity (Wildman–Crippen MR) is 77.9 cm³/mol. The maximum Gasteiger partial charge on any atom is 0.243 e. The number of aliphatic hydroxyl groups is 1. The van der Waals surface area contributed by atoms with E-state index in [1.54, 1.807) is 0 Å². The molecule has 0 amide bonds. The second-order valence-electron chi connectivity index (χ2n) is 5.43. The quantitative estimate of drug-likeness (QED) is 0.902. The highest BCUT2D eigenvalue weighted by Gasteiger charge is 2.27. The van der Waals surface area contributed by atoms with Crippen molar-refractivity contribution in [3.63, 3.8) is 0 Å². The number of benzene rings is 1. The van der Waals surface area contributed by atoms with Crippen LogP contribution in [0.5, 0.6) is 0 Å². The number of hydrogen-bond donors (Lipinski definition) is 1. The lowest BCUT2D eigenvalue weighted by molar-refractivity contribution is 0.275. The van der Waals surface area contributed by atoms with Gasteiger partial charge < -0.3 is 10.0 Å². The zero-order valence-electron chi connectivity index (χ0n) is 12.3. The minimum absolute atomic E-state index is 0.0144. The van der Waals surface area contributed by atoms with Crippen molar-refractivity contribution < 1.29 is 17.9 Å². The third-order valence-corrected chi connectivity index (χ3v) is 5.67. The van der Waals surface area contributed by atoms with E-state index in [9.17, 15) is 12.8 Å². The van der Waals surface area contributed by atoms with Crippen molar-refractivity contribution in [3.8, 4) is 0 Å². The molecule has 7 heteroatoms. The van der Waals surface area contributed by atoms with Crippen LogP contribution in [-0.2, 0) is 16.6 Å². The number of sulfonamides is 1. The molecule has 0 spiro atoms. The molecule has 0 saturated carbocycles. The van der Waals surface area contributed by atoms with E-state index >= 15 is 0 Å². The summed E-state index contributed by atoms with van der Waals surface area (Å²) in [7, 11) is -1.69. The highest BCUT2D eigenvalue weighted by molar-refractivity contribution is 7.89. The topological polar surface area (TPSA) is 60.9 Å². The lowest BCUT2D eigenvalue weighted by atomic mass is 10.1. The van der Waals surface area contributed by atoms with Crippen LogP contribution in [0.3, 0.4) is 0 Å². The molecular weight excluding hydrogens is 295 g/mol. The fourth-order valence-corrected chi connectivity index (χ4v) is 4.09. The lowest BCUT2D eigenvalue weighted by Crippen LogP contribution is -2.34. The third-order valence-electron chi connectivity index (χ3n) is 3.79. The van der Waals surface area contributed by atoms with Gasteiger partial charge >= 0.3 is 0 Å². The summed E-state index contributed by atoms with van der Waals surface area (Å²) in [6.07, 6.45) is 0.767. The summed E-state index contributed by atoms with van der Waals surface area (Å²) in [5.41, 5.74) is 0.243. The number of hydrogen-bond acceptors (Lipinski definition) is 4. The van der Waals surface area contributed by atoms with E-state index in [1.807, 2.05) is 7.05 Å². The molecule has 0 aliphatic carbocycles. The van der Waals surface area contributed by atoms with E-state index in [-0.39, 0.29) is 16.0 Å². The zero-order chi connectivity index (χ0) is 15.6. The van der Waals surface area contributed by atoms with Crippen LogP contribution in [0.1, 0.15) is 17.5 Å². The highest BCUT2D eigenvalue weighted by Crippen LogP contribution is 2.23. The largest absolute Gasteiger partial charge is 0.392 e. The molecule has 1 N–H and O–H groups in total. The Kier molecular flexibility index (Phi) is 4.98. The molecule has 0 bridgehead atoms. The summed E-state index contributed by atoms with van der Waals surface area (Å²) in [6, 6.07) is 2.56. The summed E-state index contributed by atoms with van der Waals surface area (Å²) in [5.74, 6) is -0.549. The third kappa shape index (κ3) is 3.42. The van der Waals surface area contributed by atoms with E-state index in [1.165, 1.54) is 23.4 Å². The molecule has 5 nitrogen and oxygen atoms in total. The van der Waals surface area contributed by atoms with Crippen LogP contribution < -0.4 is 0 Å². The average Bonchev–Trinajstić information content (AvgIpc) is 2.66. The normalized spacial score (nSPS) is 18.7. The summed E-state index contributed by atoms with van der Waals surface area (Å²) in [6.45, 7) is 3.40. The Morgan fingerprint density at radius 2 is 1.95 bits per heavy atom. The van der Waals surface area contributed by atoms with Gasteiger partial charge in [0.25, 0.3) is 0 Å². The first kappa shape index (κ1) is 16.4. The Morgan fingerprint density at radius 3 is 2.62 bits per heavy atom. The average molecular weight is 316 g/mol. The molecular formula is C14H21FN2O3S. The van der Waals surface area contributed by atoms with Crippen molar-refractivity contribution in [1.29, 1.82) is 0 Å². The molecule has 1 fully saturated rings. The van der Waals surface area contributed by atoms with Crippen LogP contribution in [0.4, 0.5) is 4.39 Å². The highest BCUT2D eigenvalue weighted by atomic mass is 32.2. The summed E-state index contributed by atoms with van der Waals surface area (Å²) >= 11 is 0. The molecule has 0 unspecified atom stereocenters. The van der Waals surface area contributed by atoms with Crippen LogP contribution in [0.2, 0.25) is 0 Å². The molecule has 2 rings (SSSR count). The number of aryl methyl sites for hydroxylation is 1. The number of likely N-dealkylation sites (N-methyl/N-ethyl adjacent to an activating group) is 1. The van der Waals surface area contributed by atoms with E-state index in [2.05, 4.69) is 4.90 Å². The van der Waals surface area contributed by atoms with E-state index in [0.29, 0.717) is 19.6 Å². The van der Waals surface area contributed by atoms with E-state index in [4.69, 9.17) is 5.11 Å². The van der Waals surface area contributed by atoms with Crippen LogP contribution in [0, 0.1) is 12.7 Å². The van der Waals surface area contributed by atoms with Gasteiger partial charge in [0.15, 0.2) is 0 Å². The molecule has 0 atom stereocenters. The number of nitrogens with zero attached hydrogens (tertiary/aromatic N) is 2. The van der Waals surface area contributed by atoms with Crippen molar-refractivity contribution >= 4 is 10.0 Å². The van der Waals surface area contributed by atoms with Gasteiger partial charge in [-0.15, -0.1) is 0 Å². The SMILES string of the molecule is Cc1cc(S(=O)(=O)N2CCCN(C)CC2)cc(CO)c1F. The van der Waals surface area contributed by atoms with Crippen LogP contribution >= 0.6 is 0 Å². The molecule has 1 aromatic carbocycles. The van der Waals surface area contributed by atoms with Gasteiger partial charge in [0.2, 0.25) is 10.0 Å². The Hall–Kier alpha value is -1.02. The van der Waals surface area contributed by atoms with Crippen LogP contribution in [-0.4, -0.2) is 56.0 Å². The first-order chi connectivity index (χ1) is 9.86. The minimum Gasteiger partial charge on any atom is -0.392 e. The fraction of sp³-hybridized carbons (Fsp3) is 0.571. The molecule has 1 heterocycles. The van der Waals surface area contributed by atoms with Gasteiger partial charge in [-0.1, -0.05) is 0 Å². The van der Waals surface area contributed by atoms with Gasteiger partial charge in [-0.25, -0.2) is 12.8 Å². The molecule has 1 aliphatic heterocycles. The maximum absolute atomic E-state index is 13.8. The molecule has 118 valence electrons. The van der Waals surface area contributed by atoms with Crippen molar-refractivity contribution in [2.75, 3.05) is 33.2 Å². The van der Waals surface area contributed by atoms with Gasteiger partial charge in [-0.3, -0.25) is 0 Å². The lowest BCUT2D eigenvalue weighted by Gasteiger charge is -2.21. The molecule has 0 aromatic heterocycles. The number of halogens is 1. The number of aliphatic hydroxyl groups excluding tert-OH is 1. The smallest absolute Gasteiger partial charge is 0.243 e. The van der Waals surface area contributed by atoms with Gasteiger partial charge in [-0.05, 0) is 44.6 Å². The Labute approximate surface area is 125 Å². The van der Waals surface area contributed by atoms with Gasteiger partial charge in [-0.2, -0.15) is 4.31 Å². The monoisotopic (exact) mass is 316 g/mol. The van der Waals surface area contributed by atoms with Crippen molar-refractivity contribution in [1.82, 2.24) is 9.21 Å². The second-order valence-corrected chi connectivity index (χ2v) is 7.37. The van der Waals surface area contributed by atoms with Crippen LogP contribution in [0.25, 0.3) is 0 Å². The summed E-state index contributed by atoms with van der Waals surface area (Å²) < 4.78 is 40.6. The predicted octanol–water partition coefficient (Wildman–Crippen LogP) is 0.953. The maximum atomic E-state index is 13.8. The Morgan fingerprint density at radius 1 is 1.24 bits per heavy atom. The summed E-state index contributed by atoms with van der Waals surface area (Å²) in [4.78, 5) is 2.14. The van der Waals surface area contributed by atoms with E-state index < -0.39 is 22.4 Å². The van der Waals surface area contributed by atoms with E-state index in [0.717, 1.165) is 13.0 Å². The Bertz CT molecular complexity index is 619. The molecule has 1 aliphatic rings. The van der Waals surface area contributed by atoms with Crippen LogP contribution in [0.15, 0.2) is 17.0 Å². The van der Waals surface area contributed by atoms with Gasteiger partial charge in [0.1, 0.15) is 5.82 Å². The first-order valence-electron chi connectivity index (χ1n) is 6.95. The Balaban J connectivity index is 2.37. The molecule has 21 heavy (non-hydrogen) atoms. The summed E-state index contributed by atoms with van der Waals surface area (Å²) in [5, 5.41) is 9.17. The van der Waals surface area contributed by atoms with Crippen molar-refractivity contribution in [2.45, 2.75) is 24.8 Å². The fourth-order valence-electron chi connectivity index (χ4n) is 2.48. The standard InChI is InChI=1S/C14H21FN2O3S/c1-11-8-13(9-12(10-18)14(11)15)21(19,20)17-5-3-4-16(2)6-7-17/h8-9,18H,3-7,10H2,1-2H3. The van der Waals surface area contributed by atoms with Gasteiger partial charge in [0.05, 0.1) is 11.5 Å². The van der Waals surface area contributed by atoms with Crippen molar-refractivity contribution in [2.24, 2.45) is 0 Å².